The lowest BCUT2D eigenvalue weighted by Crippen LogP contribution is -2.26. The molecule has 0 spiro atoms. The molecule has 4 heteroatoms. The maximum atomic E-state index is 12.7. The second kappa shape index (κ2) is 5.56. The second-order valence-electron chi connectivity index (χ2n) is 6.43. The van der Waals surface area contributed by atoms with Crippen molar-refractivity contribution in [2.75, 3.05) is 0 Å². The lowest BCUT2D eigenvalue weighted by Gasteiger charge is -2.25. The summed E-state index contributed by atoms with van der Waals surface area (Å²) in [6, 6.07) is 21.0. The summed E-state index contributed by atoms with van der Waals surface area (Å²) >= 11 is 0. The van der Waals surface area contributed by atoms with Gasteiger partial charge >= 0.3 is 11.6 Å². The monoisotopic (exact) mass is 342 g/mol. The van der Waals surface area contributed by atoms with Crippen molar-refractivity contribution in [3.05, 3.63) is 88.3 Å². The third-order valence-electron chi connectivity index (χ3n) is 4.93. The Morgan fingerprint density at radius 1 is 0.808 bits per heavy atom. The second-order valence-corrected chi connectivity index (χ2v) is 6.43. The minimum Gasteiger partial charge on any atom is -0.425 e. The molecule has 5 rings (SSSR count). The van der Waals surface area contributed by atoms with Gasteiger partial charge in [0.1, 0.15) is 5.58 Å². The van der Waals surface area contributed by atoms with E-state index in [0.717, 1.165) is 16.3 Å². The largest absolute Gasteiger partial charge is 0.425 e. The number of esters is 1. The number of benzene rings is 3. The van der Waals surface area contributed by atoms with Gasteiger partial charge in [-0.2, -0.15) is 0 Å². The van der Waals surface area contributed by atoms with Crippen LogP contribution in [-0.2, 0) is 4.79 Å². The van der Waals surface area contributed by atoms with E-state index in [-0.39, 0.29) is 12.4 Å². The number of hydrogen-bond acceptors (Lipinski definition) is 4. The quantitative estimate of drug-likeness (QED) is 0.380. The molecule has 0 bridgehead atoms. The van der Waals surface area contributed by atoms with Gasteiger partial charge in [-0.1, -0.05) is 54.6 Å². The molecule has 4 nitrogen and oxygen atoms in total. The predicted molar refractivity (Wildman–Crippen MR) is 98.5 cm³/mol. The summed E-state index contributed by atoms with van der Waals surface area (Å²) in [5, 5.41) is 2.73. The van der Waals surface area contributed by atoms with Crippen molar-refractivity contribution in [1.82, 2.24) is 0 Å². The van der Waals surface area contributed by atoms with Gasteiger partial charge in [0.2, 0.25) is 0 Å². The summed E-state index contributed by atoms with van der Waals surface area (Å²) in [5.41, 5.74) is 1.31. The number of hydrogen-bond donors (Lipinski definition) is 0. The van der Waals surface area contributed by atoms with Crippen molar-refractivity contribution < 1.29 is 13.9 Å². The highest BCUT2D eigenvalue weighted by Crippen LogP contribution is 2.42. The first kappa shape index (κ1) is 14.9. The highest BCUT2D eigenvalue weighted by Gasteiger charge is 2.34. The van der Waals surface area contributed by atoms with Gasteiger partial charge in [-0.15, -0.1) is 0 Å². The lowest BCUT2D eigenvalue weighted by molar-refractivity contribution is -0.135. The normalized spacial score (nSPS) is 16.5. The summed E-state index contributed by atoms with van der Waals surface area (Å²) in [6.07, 6.45) is 0.115. The maximum absolute atomic E-state index is 12.7. The number of para-hydroxylation sites is 1. The van der Waals surface area contributed by atoms with Crippen molar-refractivity contribution in [3.63, 3.8) is 0 Å². The predicted octanol–water partition coefficient (Wildman–Crippen LogP) is 4.39. The summed E-state index contributed by atoms with van der Waals surface area (Å²) in [5.74, 6) is -0.407. The third-order valence-corrected chi connectivity index (χ3v) is 4.93. The van der Waals surface area contributed by atoms with Gasteiger partial charge in [-0.05, 0) is 28.5 Å². The standard InChI is InChI=1S/C22H14O4/c23-19-12-17(15-10-5-7-13-6-1-2-8-14(13)15)20-21(26-19)16-9-3-4-11-18(16)25-22(20)24/h1-11,17H,12H2/t17-/m1/s1. The van der Waals surface area contributed by atoms with Gasteiger partial charge in [-0.25, -0.2) is 4.79 Å². The molecule has 1 aromatic heterocycles. The van der Waals surface area contributed by atoms with Crippen molar-refractivity contribution >= 4 is 27.7 Å². The molecule has 1 atom stereocenters. The van der Waals surface area contributed by atoms with Crippen molar-refractivity contribution in [3.8, 4) is 5.75 Å². The van der Waals surface area contributed by atoms with E-state index in [1.54, 1.807) is 18.2 Å². The van der Waals surface area contributed by atoms with E-state index in [1.807, 2.05) is 48.5 Å². The summed E-state index contributed by atoms with van der Waals surface area (Å²) < 4.78 is 11.0. The fourth-order valence-corrected chi connectivity index (χ4v) is 3.79. The van der Waals surface area contributed by atoms with Gasteiger partial charge in [0.25, 0.3) is 0 Å². The Labute approximate surface area is 148 Å². The highest BCUT2D eigenvalue weighted by molar-refractivity contribution is 5.92. The summed E-state index contributed by atoms with van der Waals surface area (Å²) in [6.45, 7) is 0. The molecule has 1 aliphatic rings. The van der Waals surface area contributed by atoms with Crippen molar-refractivity contribution in [2.45, 2.75) is 12.3 Å². The van der Waals surface area contributed by atoms with Gasteiger partial charge in [0, 0.05) is 5.92 Å². The fraction of sp³-hybridized carbons (Fsp3) is 0.0909. The molecule has 2 heterocycles. The first-order valence-corrected chi connectivity index (χ1v) is 8.46. The maximum Gasteiger partial charge on any atom is 0.343 e. The van der Waals surface area contributed by atoms with E-state index in [9.17, 15) is 9.59 Å². The van der Waals surface area contributed by atoms with Crippen LogP contribution in [0, 0.1) is 0 Å². The third kappa shape index (κ3) is 2.15. The molecule has 0 radical (unpaired) electrons. The molecule has 0 saturated carbocycles. The first-order valence-electron chi connectivity index (χ1n) is 8.46. The molecular formula is C22H14O4. The summed E-state index contributed by atoms with van der Waals surface area (Å²) in [7, 11) is 0. The number of carbonyl (C=O) groups excluding carboxylic acids is 1. The van der Waals surface area contributed by atoms with Crippen LogP contribution in [0.3, 0.4) is 0 Å². The zero-order valence-corrected chi connectivity index (χ0v) is 13.8. The Balaban J connectivity index is 1.85. The number of ether oxygens (including phenoxy) is 1. The molecule has 126 valence electrons. The average molecular weight is 342 g/mol. The molecule has 0 amide bonds. The molecule has 0 N–H and O–H groups in total. The molecule has 0 unspecified atom stereocenters. The fourth-order valence-electron chi connectivity index (χ4n) is 3.79. The number of fused-ring (bicyclic) bond motifs is 4. The summed E-state index contributed by atoms with van der Waals surface area (Å²) in [4.78, 5) is 25.1. The molecule has 0 saturated heterocycles. The van der Waals surface area contributed by atoms with Crippen LogP contribution < -0.4 is 10.4 Å². The topological polar surface area (TPSA) is 56.5 Å². The van der Waals surface area contributed by atoms with E-state index >= 15 is 0 Å². The van der Waals surface area contributed by atoms with Gasteiger partial charge in [0.05, 0.1) is 17.4 Å². The van der Waals surface area contributed by atoms with Gasteiger partial charge in [0.15, 0.2) is 5.75 Å². The number of carbonyl (C=O) groups is 1. The van der Waals surface area contributed by atoms with Crippen LogP contribution in [0.25, 0.3) is 21.7 Å². The molecule has 0 aliphatic carbocycles. The van der Waals surface area contributed by atoms with E-state index < -0.39 is 11.5 Å². The molecule has 4 aromatic rings. The van der Waals surface area contributed by atoms with Crippen LogP contribution in [0.15, 0.2) is 75.9 Å². The zero-order valence-electron chi connectivity index (χ0n) is 13.8. The Bertz CT molecular complexity index is 1230. The highest BCUT2D eigenvalue weighted by atomic mass is 16.5. The molecule has 0 fully saturated rings. The van der Waals surface area contributed by atoms with Crippen LogP contribution in [-0.4, -0.2) is 5.97 Å². The van der Waals surface area contributed by atoms with E-state index in [1.165, 1.54) is 0 Å². The molecule has 1 aliphatic heterocycles. The van der Waals surface area contributed by atoms with Gasteiger partial charge < -0.3 is 9.15 Å². The lowest BCUT2D eigenvalue weighted by atomic mass is 9.84. The van der Waals surface area contributed by atoms with E-state index in [2.05, 4.69) is 0 Å². The molecular weight excluding hydrogens is 328 g/mol. The first-order chi connectivity index (χ1) is 12.7. The Hall–Kier alpha value is -3.40. The van der Waals surface area contributed by atoms with Crippen LogP contribution in [0.2, 0.25) is 0 Å². The van der Waals surface area contributed by atoms with Crippen LogP contribution in [0.1, 0.15) is 23.5 Å². The Kier molecular flexibility index (Phi) is 3.19. The molecule has 26 heavy (non-hydrogen) atoms. The zero-order chi connectivity index (χ0) is 17.7. The van der Waals surface area contributed by atoms with Crippen LogP contribution in [0.5, 0.6) is 5.75 Å². The number of rotatable bonds is 1. The minimum absolute atomic E-state index is 0.115. The van der Waals surface area contributed by atoms with E-state index in [0.29, 0.717) is 22.3 Å². The SMILES string of the molecule is O=C1C[C@H](c2cccc3ccccc23)c2c(c3ccccc3oc2=O)O1. The molecule has 3 aromatic carbocycles. The van der Waals surface area contributed by atoms with Crippen LogP contribution in [0.4, 0.5) is 0 Å². The van der Waals surface area contributed by atoms with Crippen LogP contribution >= 0.6 is 0 Å². The van der Waals surface area contributed by atoms with Crippen molar-refractivity contribution in [1.29, 1.82) is 0 Å². The van der Waals surface area contributed by atoms with Gasteiger partial charge in [-0.3, -0.25) is 4.79 Å². The van der Waals surface area contributed by atoms with E-state index in [4.69, 9.17) is 9.15 Å². The minimum atomic E-state index is -0.455. The smallest absolute Gasteiger partial charge is 0.343 e. The van der Waals surface area contributed by atoms with Crippen molar-refractivity contribution in [2.24, 2.45) is 0 Å². The average Bonchev–Trinajstić information content (AvgIpc) is 2.67. The Morgan fingerprint density at radius 3 is 2.42 bits per heavy atom. The Morgan fingerprint density at radius 2 is 1.54 bits per heavy atom.